The van der Waals surface area contributed by atoms with Gasteiger partial charge < -0.3 is 19.5 Å². The topological polar surface area (TPSA) is 39.7 Å². The van der Waals surface area contributed by atoms with E-state index in [9.17, 15) is 0 Å². The molecule has 14 heavy (non-hydrogen) atoms. The molecule has 4 heteroatoms. The Morgan fingerprint density at radius 1 is 1.36 bits per heavy atom. The monoisotopic (exact) mass is 203 g/mol. The van der Waals surface area contributed by atoms with Gasteiger partial charge in [-0.1, -0.05) is 0 Å². The Morgan fingerprint density at radius 3 is 2.93 bits per heavy atom. The zero-order valence-corrected chi connectivity index (χ0v) is 8.96. The van der Waals surface area contributed by atoms with Crippen molar-refractivity contribution in [3.05, 3.63) is 0 Å². The predicted molar refractivity (Wildman–Crippen MR) is 54.5 cm³/mol. The third-order valence-electron chi connectivity index (χ3n) is 2.09. The number of hydrogen-bond donors (Lipinski definition) is 1. The van der Waals surface area contributed by atoms with E-state index in [1.807, 2.05) is 6.92 Å². The van der Waals surface area contributed by atoms with Gasteiger partial charge >= 0.3 is 0 Å². The molecule has 1 unspecified atom stereocenters. The smallest absolute Gasteiger partial charge is 0.0933 e. The fourth-order valence-corrected chi connectivity index (χ4v) is 1.35. The molecule has 0 aromatic rings. The standard InChI is InChI=1S/C10H21NO3/c1-2-12-5-3-6-13-9-10-8-11-4-7-14-10/h10-11H,2-9H2,1H3. The van der Waals surface area contributed by atoms with E-state index in [4.69, 9.17) is 14.2 Å². The second-order valence-electron chi connectivity index (χ2n) is 3.32. The predicted octanol–water partition coefficient (Wildman–Crippen LogP) is 0.418. The lowest BCUT2D eigenvalue weighted by Crippen LogP contribution is -2.41. The number of rotatable bonds is 7. The summed E-state index contributed by atoms with van der Waals surface area (Å²) in [6.45, 7) is 7.70. The third kappa shape index (κ3) is 5.54. The minimum Gasteiger partial charge on any atom is -0.382 e. The van der Waals surface area contributed by atoms with Crippen LogP contribution in [0.3, 0.4) is 0 Å². The van der Waals surface area contributed by atoms with E-state index >= 15 is 0 Å². The maximum atomic E-state index is 5.49. The number of ether oxygens (including phenoxy) is 3. The van der Waals surface area contributed by atoms with Gasteiger partial charge in [0.15, 0.2) is 0 Å². The van der Waals surface area contributed by atoms with Crippen LogP contribution in [0.15, 0.2) is 0 Å². The van der Waals surface area contributed by atoms with Crippen molar-refractivity contribution in [1.29, 1.82) is 0 Å². The molecule has 0 saturated carbocycles. The lowest BCUT2D eigenvalue weighted by atomic mass is 10.3. The summed E-state index contributed by atoms with van der Waals surface area (Å²) >= 11 is 0. The summed E-state index contributed by atoms with van der Waals surface area (Å²) in [4.78, 5) is 0. The first-order chi connectivity index (χ1) is 6.93. The van der Waals surface area contributed by atoms with Crippen LogP contribution >= 0.6 is 0 Å². The van der Waals surface area contributed by atoms with Crippen LogP contribution in [-0.2, 0) is 14.2 Å². The molecule has 0 amide bonds. The highest BCUT2D eigenvalue weighted by Gasteiger charge is 2.12. The molecule has 4 nitrogen and oxygen atoms in total. The minimum atomic E-state index is 0.232. The highest BCUT2D eigenvalue weighted by Crippen LogP contribution is 1.97. The Balaban J connectivity index is 1.82. The van der Waals surface area contributed by atoms with Crippen LogP contribution in [0.25, 0.3) is 0 Å². The van der Waals surface area contributed by atoms with Gasteiger partial charge in [0.1, 0.15) is 0 Å². The molecule has 0 aliphatic carbocycles. The maximum Gasteiger partial charge on any atom is 0.0933 e. The molecule has 84 valence electrons. The summed E-state index contributed by atoms with van der Waals surface area (Å²) in [5, 5.41) is 3.27. The van der Waals surface area contributed by atoms with Gasteiger partial charge in [0.25, 0.3) is 0 Å². The molecule has 0 bridgehead atoms. The molecular formula is C10H21NO3. The van der Waals surface area contributed by atoms with Crippen molar-refractivity contribution in [3.63, 3.8) is 0 Å². The summed E-state index contributed by atoms with van der Waals surface area (Å²) in [7, 11) is 0. The van der Waals surface area contributed by atoms with Gasteiger partial charge in [-0.15, -0.1) is 0 Å². The maximum absolute atomic E-state index is 5.49. The van der Waals surface area contributed by atoms with E-state index in [1.165, 1.54) is 0 Å². The van der Waals surface area contributed by atoms with E-state index < -0.39 is 0 Å². The van der Waals surface area contributed by atoms with E-state index in [1.54, 1.807) is 0 Å². The Labute approximate surface area is 85.9 Å². The SMILES string of the molecule is CCOCCCOCC1CNCCO1. The first-order valence-electron chi connectivity index (χ1n) is 5.41. The fourth-order valence-electron chi connectivity index (χ4n) is 1.35. The molecule has 0 radical (unpaired) electrons. The average Bonchev–Trinajstić information content (AvgIpc) is 2.25. The van der Waals surface area contributed by atoms with Gasteiger partial charge in [0.2, 0.25) is 0 Å². The third-order valence-corrected chi connectivity index (χ3v) is 2.09. The number of hydrogen-bond acceptors (Lipinski definition) is 4. The highest BCUT2D eigenvalue weighted by molar-refractivity contribution is 4.65. The summed E-state index contributed by atoms with van der Waals surface area (Å²) in [6, 6.07) is 0. The van der Waals surface area contributed by atoms with E-state index in [0.717, 1.165) is 45.9 Å². The fraction of sp³-hybridized carbons (Fsp3) is 1.00. The molecule has 1 rings (SSSR count). The molecular weight excluding hydrogens is 182 g/mol. The van der Waals surface area contributed by atoms with Crippen molar-refractivity contribution < 1.29 is 14.2 Å². The molecule has 1 aliphatic rings. The molecule has 0 spiro atoms. The van der Waals surface area contributed by atoms with Gasteiger partial charge in [-0.3, -0.25) is 0 Å². The second kappa shape index (κ2) is 8.17. The normalized spacial score (nSPS) is 22.5. The summed E-state index contributed by atoms with van der Waals surface area (Å²) < 4.78 is 16.2. The Morgan fingerprint density at radius 2 is 2.21 bits per heavy atom. The number of morpholine rings is 1. The summed E-state index contributed by atoms with van der Waals surface area (Å²) in [5.74, 6) is 0. The Hall–Kier alpha value is -0.160. The minimum absolute atomic E-state index is 0.232. The van der Waals surface area contributed by atoms with Crippen molar-refractivity contribution in [2.24, 2.45) is 0 Å². The van der Waals surface area contributed by atoms with Crippen molar-refractivity contribution in [2.45, 2.75) is 19.4 Å². The highest BCUT2D eigenvalue weighted by atomic mass is 16.5. The molecule has 1 N–H and O–H groups in total. The van der Waals surface area contributed by atoms with Gasteiger partial charge in [0, 0.05) is 32.9 Å². The van der Waals surface area contributed by atoms with Crippen molar-refractivity contribution in [3.8, 4) is 0 Å². The van der Waals surface area contributed by atoms with Crippen LogP contribution in [0.2, 0.25) is 0 Å². The molecule has 1 heterocycles. The average molecular weight is 203 g/mol. The molecule has 0 aromatic heterocycles. The zero-order chi connectivity index (χ0) is 10.1. The summed E-state index contributed by atoms with van der Waals surface area (Å²) in [6.07, 6.45) is 1.20. The van der Waals surface area contributed by atoms with Gasteiger partial charge in [-0.25, -0.2) is 0 Å². The Bertz CT molecular complexity index is 127. The van der Waals surface area contributed by atoms with Crippen LogP contribution in [0, 0.1) is 0 Å². The van der Waals surface area contributed by atoms with Crippen molar-refractivity contribution in [2.75, 3.05) is 46.1 Å². The number of nitrogens with one attached hydrogen (secondary N) is 1. The van der Waals surface area contributed by atoms with Gasteiger partial charge in [0.05, 0.1) is 19.3 Å². The summed E-state index contributed by atoms with van der Waals surface area (Å²) in [5.41, 5.74) is 0. The first-order valence-corrected chi connectivity index (χ1v) is 5.41. The van der Waals surface area contributed by atoms with Crippen LogP contribution in [0.4, 0.5) is 0 Å². The molecule has 1 fully saturated rings. The quantitative estimate of drug-likeness (QED) is 0.609. The molecule has 1 saturated heterocycles. The Kier molecular flexibility index (Phi) is 6.95. The van der Waals surface area contributed by atoms with Crippen LogP contribution < -0.4 is 5.32 Å². The lowest BCUT2D eigenvalue weighted by molar-refractivity contribution is -0.0344. The molecule has 1 atom stereocenters. The van der Waals surface area contributed by atoms with Gasteiger partial charge in [-0.05, 0) is 13.3 Å². The van der Waals surface area contributed by atoms with Crippen molar-refractivity contribution >= 4 is 0 Å². The van der Waals surface area contributed by atoms with E-state index in [0.29, 0.717) is 6.61 Å². The zero-order valence-electron chi connectivity index (χ0n) is 8.96. The lowest BCUT2D eigenvalue weighted by Gasteiger charge is -2.23. The second-order valence-corrected chi connectivity index (χ2v) is 3.32. The molecule has 0 aromatic carbocycles. The van der Waals surface area contributed by atoms with Crippen molar-refractivity contribution in [1.82, 2.24) is 5.32 Å². The first kappa shape index (κ1) is 11.9. The van der Waals surface area contributed by atoms with Crippen LogP contribution in [0.5, 0.6) is 0 Å². The van der Waals surface area contributed by atoms with Gasteiger partial charge in [-0.2, -0.15) is 0 Å². The molecule has 1 aliphatic heterocycles. The van der Waals surface area contributed by atoms with E-state index in [2.05, 4.69) is 5.32 Å². The largest absolute Gasteiger partial charge is 0.382 e. The van der Waals surface area contributed by atoms with Crippen LogP contribution in [0.1, 0.15) is 13.3 Å². The van der Waals surface area contributed by atoms with E-state index in [-0.39, 0.29) is 6.10 Å². The van der Waals surface area contributed by atoms with Crippen LogP contribution in [-0.4, -0.2) is 52.2 Å².